The van der Waals surface area contributed by atoms with Gasteiger partial charge < -0.3 is 5.21 Å². The second-order valence-electron chi connectivity index (χ2n) is 3.36. The molecule has 1 heterocycles. The third kappa shape index (κ3) is 1.21. The highest BCUT2D eigenvalue weighted by Gasteiger charge is 2.25. The lowest BCUT2D eigenvalue weighted by molar-refractivity contribution is -0.710. The van der Waals surface area contributed by atoms with Crippen LogP contribution in [0.5, 0.6) is 0 Å². The van der Waals surface area contributed by atoms with Crippen LogP contribution in [0.25, 0.3) is 0 Å². The molecule has 6 nitrogen and oxygen atoms in total. The molecule has 12 heavy (non-hydrogen) atoms. The Labute approximate surface area is 69.6 Å². The first kappa shape index (κ1) is 8.46. The minimum Gasteiger partial charge on any atom is -0.722 e. The summed E-state index contributed by atoms with van der Waals surface area (Å²) in [6, 6.07) is 1.64. The van der Waals surface area contributed by atoms with Crippen molar-refractivity contribution in [3.63, 3.8) is 0 Å². The molecule has 0 spiro atoms. The molecule has 0 aromatic carbocycles. The van der Waals surface area contributed by atoms with E-state index in [9.17, 15) is 5.21 Å². The molecular weight excluding hydrogens is 158 g/mol. The van der Waals surface area contributed by atoms with Crippen LogP contribution in [0.1, 0.15) is 26.6 Å². The molecule has 0 unspecified atom stereocenters. The maximum Gasteiger partial charge on any atom is 0.404 e. The van der Waals surface area contributed by atoms with Crippen molar-refractivity contribution in [2.45, 2.75) is 26.3 Å². The van der Waals surface area contributed by atoms with Crippen LogP contribution in [-0.4, -0.2) is 15.1 Å². The van der Waals surface area contributed by atoms with Crippen LogP contribution in [0.15, 0.2) is 0 Å². The van der Waals surface area contributed by atoms with Crippen molar-refractivity contribution < 1.29 is 4.85 Å². The van der Waals surface area contributed by atoms with E-state index in [0.29, 0.717) is 4.85 Å². The largest absolute Gasteiger partial charge is 0.722 e. The quantitative estimate of drug-likeness (QED) is 0.386. The maximum atomic E-state index is 11.2. The van der Waals surface area contributed by atoms with Gasteiger partial charge in [0.1, 0.15) is 10.6 Å². The van der Waals surface area contributed by atoms with E-state index in [1.807, 2.05) is 0 Å². The summed E-state index contributed by atoms with van der Waals surface area (Å²) < 4.78 is 0. The van der Waals surface area contributed by atoms with Crippen LogP contribution in [0.4, 0.5) is 0 Å². The lowest BCUT2D eigenvalue weighted by Gasteiger charge is -2.16. The summed E-state index contributed by atoms with van der Waals surface area (Å²) in [5.41, 5.74) is -0.455. The third-order valence-corrected chi connectivity index (χ3v) is 1.28. The summed E-state index contributed by atoms with van der Waals surface area (Å²) in [6.45, 7) is 5.41. The van der Waals surface area contributed by atoms with Crippen molar-refractivity contribution in [1.82, 2.24) is 15.1 Å². The Bertz CT molecular complexity index is 329. The van der Waals surface area contributed by atoms with Gasteiger partial charge in [-0.05, 0) is 20.8 Å². The van der Waals surface area contributed by atoms with Gasteiger partial charge in [0.05, 0.1) is 0 Å². The lowest BCUT2D eigenvalue weighted by atomic mass is 10.1. The number of nitrogens with zero attached hydrogens (tertiary/aromatic N) is 5. The van der Waals surface area contributed by atoms with Crippen LogP contribution in [0, 0.1) is 16.5 Å². The van der Waals surface area contributed by atoms with Crippen molar-refractivity contribution >= 4 is 0 Å². The van der Waals surface area contributed by atoms with E-state index in [-0.39, 0.29) is 5.82 Å². The van der Waals surface area contributed by atoms with Crippen molar-refractivity contribution in [3.05, 3.63) is 11.0 Å². The summed E-state index contributed by atoms with van der Waals surface area (Å²) in [7, 11) is 0. The van der Waals surface area contributed by atoms with Gasteiger partial charge in [-0.3, -0.25) is 0 Å². The lowest BCUT2D eigenvalue weighted by Crippen LogP contribution is -2.47. The van der Waals surface area contributed by atoms with Gasteiger partial charge in [0.2, 0.25) is 0 Å². The number of tetrazole rings is 1. The molecule has 0 saturated heterocycles. The highest BCUT2D eigenvalue weighted by Crippen LogP contribution is 2.07. The van der Waals surface area contributed by atoms with Gasteiger partial charge in [-0.1, -0.05) is 4.80 Å². The maximum absolute atomic E-state index is 11.2. The Morgan fingerprint density at radius 2 is 2.17 bits per heavy atom. The number of aromatic nitrogens is 4. The SMILES string of the molecule is CC(C)(C)n1nnc(C#N)[n+]1[O-]. The molecule has 0 N–H and O–H groups in total. The molecular formula is C6H9N5O. The minimum atomic E-state index is -0.455. The summed E-state index contributed by atoms with van der Waals surface area (Å²) in [6.07, 6.45) is 0. The van der Waals surface area contributed by atoms with Crippen LogP contribution in [-0.2, 0) is 5.54 Å². The molecule has 0 atom stereocenters. The van der Waals surface area contributed by atoms with E-state index >= 15 is 0 Å². The van der Waals surface area contributed by atoms with Crippen LogP contribution in [0.2, 0.25) is 0 Å². The molecule has 1 aromatic heterocycles. The minimum absolute atomic E-state index is 0.232. The van der Waals surface area contributed by atoms with Gasteiger partial charge in [-0.25, -0.2) is 0 Å². The molecule has 0 amide bonds. The molecule has 64 valence electrons. The predicted molar refractivity (Wildman–Crippen MR) is 38.7 cm³/mol. The van der Waals surface area contributed by atoms with Gasteiger partial charge >= 0.3 is 5.82 Å². The third-order valence-electron chi connectivity index (χ3n) is 1.28. The highest BCUT2D eigenvalue weighted by molar-refractivity contribution is 4.98. The number of nitriles is 1. The summed E-state index contributed by atoms with van der Waals surface area (Å²) in [5.74, 6) is -0.232. The second kappa shape index (κ2) is 2.44. The Morgan fingerprint density at radius 1 is 1.58 bits per heavy atom. The molecule has 0 aliphatic heterocycles. The van der Waals surface area contributed by atoms with Gasteiger partial charge in [-0.15, -0.1) is 0 Å². The van der Waals surface area contributed by atoms with Gasteiger partial charge in [0.15, 0.2) is 11.3 Å². The first-order valence-corrected chi connectivity index (χ1v) is 3.43. The smallest absolute Gasteiger partial charge is 0.404 e. The molecule has 0 bridgehead atoms. The zero-order chi connectivity index (χ0) is 9.35. The van der Waals surface area contributed by atoms with E-state index in [1.165, 1.54) is 0 Å². The molecule has 1 aromatic rings. The standard InChI is InChI=1S/C6H9N5O/c1-6(2,3)11-9-8-5(4-7)10(11)12/h1-3H3. The second-order valence-corrected chi connectivity index (χ2v) is 3.36. The average Bonchev–Trinajstić information content (AvgIpc) is 2.29. The molecule has 0 fully saturated rings. The van der Waals surface area contributed by atoms with Crippen LogP contribution in [0.3, 0.4) is 0 Å². The normalized spacial score (nSPS) is 11.2. The van der Waals surface area contributed by atoms with E-state index in [1.54, 1.807) is 26.8 Å². The summed E-state index contributed by atoms with van der Waals surface area (Å²) in [5, 5.41) is 26.5. The monoisotopic (exact) mass is 167 g/mol. The van der Waals surface area contributed by atoms with Gasteiger partial charge in [0, 0.05) is 0 Å². The first-order valence-electron chi connectivity index (χ1n) is 3.43. The zero-order valence-corrected chi connectivity index (χ0v) is 7.14. The fraction of sp³-hybridized carbons (Fsp3) is 0.667. The molecule has 0 aliphatic carbocycles. The molecule has 6 heteroatoms. The fourth-order valence-electron chi connectivity index (χ4n) is 0.721. The van der Waals surface area contributed by atoms with Crippen LogP contribution >= 0.6 is 0 Å². The van der Waals surface area contributed by atoms with E-state index < -0.39 is 5.54 Å². The van der Waals surface area contributed by atoms with E-state index in [0.717, 1.165) is 4.80 Å². The Hall–Kier alpha value is -1.64. The summed E-state index contributed by atoms with van der Waals surface area (Å²) in [4.78, 5) is 1.51. The van der Waals surface area contributed by atoms with E-state index in [4.69, 9.17) is 5.26 Å². The van der Waals surface area contributed by atoms with Crippen molar-refractivity contribution in [2.24, 2.45) is 0 Å². The zero-order valence-electron chi connectivity index (χ0n) is 7.14. The molecule has 0 radical (unpaired) electrons. The topological polar surface area (TPSA) is 81.4 Å². The fourth-order valence-corrected chi connectivity index (χ4v) is 0.721. The van der Waals surface area contributed by atoms with Crippen molar-refractivity contribution in [3.8, 4) is 6.07 Å². The molecule has 0 saturated carbocycles. The van der Waals surface area contributed by atoms with Crippen LogP contribution < -0.4 is 4.85 Å². The van der Waals surface area contributed by atoms with Gasteiger partial charge in [0.25, 0.3) is 0 Å². The van der Waals surface area contributed by atoms with Crippen molar-refractivity contribution in [1.29, 1.82) is 5.26 Å². The Balaban J connectivity index is 3.22. The molecule has 1 rings (SSSR count). The number of hydrogen-bond acceptors (Lipinski definition) is 4. The Kier molecular flexibility index (Phi) is 1.72. The first-order chi connectivity index (χ1) is 5.46. The number of hydrogen-bond donors (Lipinski definition) is 0. The summed E-state index contributed by atoms with van der Waals surface area (Å²) >= 11 is 0. The Morgan fingerprint density at radius 3 is 2.42 bits per heavy atom. The van der Waals surface area contributed by atoms with E-state index in [2.05, 4.69) is 10.3 Å². The van der Waals surface area contributed by atoms with Gasteiger partial charge in [-0.2, -0.15) is 10.1 Å². The highest BCUT2D eigenvalue weighted by atomic mass is 16.5. The molecule has 0 aliphatic rings. The van der Waals surface area contributed by atoms with Crippen molar-refractivity contribution in [2.75, 3.05) is 0 Å². The average molecular weight is 167 g/mol. The predicted octanol–water partition coefficient (Wildman–Crippen LogP) is -0.462. The number of rotatable bonds is 0.